The van der Waals surface area contributed by atoms with Crippen LogP contribution in [0, 0.1) is 0 Å². The number of benzene rings is 1. The number of halogens is 1. The van der Waals surface area contributed by atoms with Crippen LogP contribution < -0.4 is 5.32 Å². The highest BCUT2D eigenvalue weighted by Gasteiger charge is 2.12. The normalized spacial score (nSPS) is 12.1. The fourth-order valence-corrected chi connectivity index (χ4v) is 2.10. The molecule has 1 heterocycles. The van der Waals surface area contributed by atoms with Crippen LogP contribution >= 0.6 is 11.6 Å². The van der Waals surface area contributed by atoms with E-state index in [1.54, 1.807) is 24.2 Å². The maximum atomic E-state index is 11.8. The number of carbonyl (C=O) groups is 1. The Bertz CT molecular complexity index is 574. The van der Waals surface area contributed by atoms with Gasteiger partial charge in [0, 0.05) is 25.1 Å². The zero-order valence-electron chi connectivity index (χ0n) is 11.7. The third-order valence-corrected chi connectivity index (χ3v) is 3.26. The molecule has 0 spiro atoms. The highest BCUT2D eigenvalue weighted by molar-refractivity contribution is 6.30. The van der Waals surface area contributed by atoms with Crippen LogP contribution in [-0.2, 0) is 16.1 Å². The number of methoxy groups -OCH3 is 1. The maximum Gasteiger partial charge on any atom is 0.221 e. The number of nitrogens with one attached hydrogen (secondary N) is 1. The van der Waals surface area contributed by atoms with Gasteiger partial charge in [0.25, 0.3) is 0 Å². The standard InChI is InChI=1S/C14H17ClN4O2/c1-21-13(11-3-2-4-12(15)7-11)8-17-14(20)5-6-19-10-16-9-18-19/h2-4,7,9-10,13H,5-6,8H2,1H3,(H,17,20)/t13-/m0/s1. The summed E-state index contributed by atoms with van der Waals surface area (Å²) in [4.78, 5) is 15.6. The Labute approximate surface area is 128 Å². The topological polar surface area (TPSA) is 69.0 Å². The average Bonchev–Trinajstić information content (AvgIpc) is 2.99. The first-order valence-corrected chi connectivity index (χ1v) is 6.94. The number of amides is 1. The fraction of sp³-hybridized carbons (Fsp3) is 0.357. The van der Waals surface area contributed by atoms with E-state index in [4.69, 9.17) is 16.3 Å². The Morgan fingerprint density at radius 1 is 1.52 bits per heavy atom. The lowest BCUT2D eigenvalue weighted by Crippen LogP contribution is -2.29. The van der Waals surface area contributed by atoms with E-state index in [0.29, 0.717) is 24.5 Å². The molecular weight excluding hydrogens is 292 g/mol. The van der Waals surface area contributed by atoms with Crippen molar-refractivity contribution < 1.29 is 9.53 Å². The summed E-state index contributed by atoms with van der Waals surface area (Å²) in [7, 11) is 1.60. The predicted molar refractivity (Wildman–Crippen MR) is 78.9 cm³/mol. The number of ether oxygens (including phenoxy) is 1. The summed E-state index contributed by atoms with van der Waals surface area (Å²) in [5, 5.41) is 7.43. The Balaban J connectivity index is 1.81. The summed E-state index contributed by atoms with van der Waals surface area (Å²) in [6.45, 7) is 0.897. The molecule has 0 unspecified atom stereocenters. The summed E-state index contributed by atoms with van der Waals surface area (Å²) in [6, 6.07) is 7.41. The van der Waals surface area contributed by atoms with Crippen LogP contribution in [0.15, 0.2) is 36.9 Å². The van der Waals surface area contributed by atoms with Crippen molar-refractivity contribution in [2.45, 2.75) is 19.1 Å². The van der Waals surface area contributed by atoms with Crippen LogP contribution in [0.3, 0.4) is 0 Å². The lowest BCUT2D eigenvalue weighted by molar-refractivity contribution is -0.121. The smallest absolute Gasteiger partial charge is 0.221 e. The molecule has 1 atom stereocenters. The van der Waals surface area contributed by atoms with E-state index in [-0.39, 0.29) is 12.0 Å². The monoisotopic (exact) mass is 308 g/mol. The first kappa shape index (κ1) is 15.5. The second kappa shape index (κ2) is 7.75. The van der Waals surface area contributed by atoms with Gasteiger partial charge in [0.15, 0.2) is 0 Å². The van der Waals surface area contributed by atoms with Crippen LogP contribution in [0.25, 0.3) is 0 Å². The van der Waals surface area contributed by atoms with E-state index in [9.17, 15) is 4.79 Å². The highest BCUT2D eigenvalue weighted by Crippen LogP contribution is 2.19. The van der Waals surface area contributed by atoms with Crippen molar-refractivity contribution in [1.29, 1.82) is 0 Å². The zero-order valence-corrected chi connectivity index (χ0v) is 12.5. The molecule has 0 fully saturated rings. The van der Waals surface area contributed by atoms with E-state index in [0.717, 1.165) is 5.56 Å². The van der Waals surface area contributed by atoms with Gasteiger partial charge in [-0.2, -0.15) is 5.10 Å². The Morgan fingerprint density at radius 3 is 3.05 bits per heavy atom. The third-order valence-electron chi connectivity index (χ3n) is 3.02. The number of aryl methyl sites for hydroxylation is 1. The molecule has 6 nitrogen and oxygen atoms in total. The van der Waals surface area contributed by atoms with Crippen molar-refractivity contribution in [2.75, 3.05) is 13.7 Å². The van der Waals surface area contributed by atoms with Crippen molar-refractivity contribution in [2.24, 2.45) is 0 Å². The number of hydrogen-bond donors (Lipinski definition) is 1. The Hall–Kier alpha value is -1.92. The lowest BCUT2D eigenvalue weighted by Gasteiger charge is -2.16. The van der Waals surface area contributed by atoms with E-state index in [1.807, 2.05) is 18.2 Å². The van der Waals surface area contributed by atoms with Crippen molar-refractivity contribution in [3.63, 3.8) is 0 Å². The lowest BCUT2D eigenvalue weighted by atomic mass is 10.1. The predicted octanol–water partition coefficient (Wildman–Crippen LogP) is 1.83. The van der Waals surface area contributed by atoms with Crippen LogP contribution in [0.1, 0.15) is 18.1 Å². The second-order valence-electron chi connectivity index (χ2n) is 4.49. The van der Waals surface area contributed by atoms with Gasteiger partial charge in [-0.1, -0.05) is 23.7 Å². The van der Waals surface area contributed by atoms with Crippen molar-refractivity contribution >= 4 is 17.5 Å². The number of nitrogens with zero attached hydrogens (tertiary/aromatic N) is 3. The largest absolute Gasteiger partial charge is 0.375 e. The minimum Gasteiger partial charge on any atom is -0.375 e. The maximum absolute atomic E-state index is 11.8. The summed E-state index contributed by atoms with van der Waals surface area (Å²) in [6.07, 6.45) is 3.14. The van der Waals surface area contributed by atoms with Gasteiger partial charge in [-0.25, -0.2) is 4.98 Å². The molecule has 1 aromatic carbocycles. The molecular formula is C14H17ClN4O2. The number of hydrogen-bond acceptors (Lipinski definition) is 4. The molecule has 0 aliphatic heterocycles. The minimum atomic E-state index is -0.223. The molecule has 7 heteroatoms. The van der Waals surface area contributed by atoms with Crippen molar-refractivity contribution in [3.05, 3.63) is 47.5 Å². The summed E-state index contributed by atoms with van der Waals surface area (Å²) in [5.41, 5.74) is 0.932. The SMILES string of the molecule is CO[C@@H](CNC(=O)CCn1cncn1)c1cccc(Cl)c1. The molecule has 0 saturated heterocycles. The molecule has 0 aliphatic rings. The van der Waals surface area contributed by atoms with Gasteiger partial charge in [-0.3, -0.25) is 9.48 Å². The van der Waals surface area contributed by atoms with E-state index < -0.39 is 0 Å². The molecule has 1 aromatic heterocycles. The Morgan fingerprint density at radius 2 is 2.38 bits per heavy atom. The van der Waals surface area contributed by atoms with Gasteiger partial charge in [0.05, 0.1) is 12.6 Å². The van der Waals surface area contributed by atoms with E-state index in [1.165, 1.54) is 6.33 Å². The number of aromatic nitrogens is 3. The molecule has 2 rings (SSSR count). The quantitative estimate of drug-likeness (QED) is 0.847. The summed E-state index contributed by atoms with van der Waals surface area (Å²) in [5.74, 6) is -0.0606. The van der Waals surface area contributed by atoms with Crippen molar-refractivity contribution in [3.8, 4) is 0 Å². The molecule has 1 N–H and O–H groups in total. The molecule has 112 valence electrons. The third kappa shape index (κ3) is 4.84. The molecule has 0 saturated carbocycles. The number of carbonyl (C=O) groups excluding carboxylic acids is 1. The van der Waals surface area contributed by atoms with Gasteiger partial charge in [-0.15, -0.1) is 0 Å². The summed E-state index contributed by atoms with van der Waals surface area (Å²) < 4.78 is 7.01. The molecule has 0 radical (unpaired) electrons. The fourth-order valence-electron chi connectivity index (χ4n) is 1.90. The summed E-state index contributed by atoms with van der Waals surface area (Å²) >= 11 is 5.96. The van der Waals surface area contributed by atoms with Crippen LogP contribution in [0.4, 0.5) is 0 Å². The molecule has 2 aromatic rings. The van der Waals surface area contributed by atoms with Crippen LogP contribution in [0.5, 0.6) is 0 Å². The van der Waals surface area contributed by atoms with Gasteiger partial charge in [0.2, 0.25) is 5.91 Å². The van der Waals surface area contributed by atoms with Gasteiger partial charge >= 0.3 is 0 Å². The van der Waals surface area contributed by atoms with Gasteiger partial charge in [0.1, 0.15) is 12.7 Å². The van der Waals surface area contributed by atoms with Gasteiger partial charge in [-0.05, 0) is 17.7 Å². The Kier molecular flexibility index (Phi) is 5.71. The zero-order chi connectivity index (χ0) is 15.1. The van der Waals surface area contributed by atoms with Crippen LogP contribution in [-0.4, -0.2) is 34.3 Å². The van der Waals surface area contributed by atoms with Crippen molar-refractivity contribution in [1.82, 2.24) is 20.1 Å². The first-order chi connectivity index (χ1) is 10.2. The highest BCUT2D eigenvalue weighted by atomic mass is 35.5. The molecule has 1 amide bonds. The molecule has 0 aliphatic carbocycles. The molecule has 21 heavy (non-hydrogen) atoms. The van der Waals surface area contributed by atoms with Gasteiger partial charge < -0.3 is 10.1 Å². The minimum absolute atomic E-state index is 0.0606. The molecule has 0 bridgehead atoms. The number of rotatable bonds is 7. The average molecular weight is 309 g/mol. The van der Waals surface area contributed by atoms with Crippen LogP contribution in [0.2, 0.25) is 5.02 Å². The first-order valence-electron chi connectivity index (χ1n) is 6.56. The van der Waals surface area contributed by atoms with E-state index >= 15 is 0 Å². The van der Waals surface area contributed by atoms with E-state index in [2.05, 4.69) is 15.4 Å². The second-order valence-corrected chi connectivity index (χ2v) is 4.93.